The van der Waals surface area contributed by atoms with E-state index in [1.54, 1.807) is 36.7 Å². The molecule has 3 rings (SSSR count). The summed E-state index contributed by atoms with van der Waals surface area (Å²) in [5, 5.41) is 16.9. The normalized spacial score (nSPS) is 12.0. The average Bonchev–Trinajstić information content (AvgIpc) is 2.79. The number of nitrogen functional groups attached to an aromatic ring is 1. The molecule has 162 valence electrons. The number of aliphatic carboxylic acids is 1. The van der Waals surface area contributed by atoms with Crippen LogP contribution in [-0.4, -0.2) is 22.3 Å². The molecule has 0 spiro atoms. The van der Waals surface area contributed by atoms with Gasteiger partial charge in [-0.1, -0.05) is 42.8 Å². The number of carboxylic acids is 1. The van der Waals surface area contributed by atoms with E-state index < -0.39 is 11.8 Å². The molecule has 0 fully saturated rings. The Balaban J connectivity index is 2.30. The van der Waals surface area contributed by atoms with Crippen molar-refractivity contribution in [3.05, 3.63) is 99.6 Å². The molecule has 0 bridgehead atoms. The smallest absolute Gasteiger partial charge is 0.328 e. The maximum atomic E-state index is 14.6. The number of rotatable bonds is 7. The summed E-state index contributed by atoms with van der Waals surface area (Å²) in [6.07, 6.45) is 7.35. The van der Waals surface area contributed by atoms with Gasteiger partial charge in [-0.3, -0.25) is 4.98 Å². The molecule has 0 aliphatic rings. The maximum absolute atomic E-state index is 14.6. The van der Waals surface area contributed by atoms with E-state index in [9.17, 15) is 9.18 Å². The molecule has 3 aromatic rings. The first-order valence-corrected chi connectivity index (χ1v) is 10.2. The third kappa shape index (κ3) is 4.92. The van der Waals surface area contributed by atoms with Crippen LogP contribution in [0.15, 0.2) is 60.9 Å². The molecule has 7 heteroatoms. The van der Waals surface area contributed by atoms with Crippen LogP contribution in [0, 0.1) is 11.2 Å². The number of hydrogen-bond acceptors (Lipinski definition) is 4. The zero-order valence-electron chi connectivity index (χ0n) is 17.3. The standard InChI is InChI=1S/C25H21ClFN3O2/c1-2-19(20-9-10-30-14-21(20)26)24(17-11-18(13-28)25(29)22(27)12-17)16-6-3-15(4-7-16)5-8-23(31)32/h3-14,28H,2,29H2,1H3,(H,31,32)/b8-5+,24-19+,28-13?. The van der Waals surface area contributed by atoms with E-state index in [4.69, 9.17) is 27.9 Å². The summed E-state index contributed by atoms with van der Waals surface area (Å²) in [4.78, 5) is 14.8. The summed E-state index contributed by atoms with van der Waals surface area (Å²) in [7, 11) is 0. The fraction of sp³-hybridized carbons (Fsp3) is 0.0800. The number of halogens is 2. The minimum absolute atomic E-state index is 0.0859. The number of nitrogens with zero attached hydrogens (tertiary/aromatic N) is 1. The quantitative estimate of drug-likeness (QED) is 0.237. The molecule has 0 unspecified atom stereocenters. The van der Waals surface area contributed by atoms with Crippen molar-refractivity contribution in [2.45, 2.75) is 13.3 Å². The molecule has 2 aromatic carbocycles. The van der Waals surface area contributed by atoms with Crippen molar-refractivity contribution in [1.82, 2.24) is 4.98 Å². The number of anilines is 1. The van der Waals surface area contributed by atoms with E-state index in [1.165, 1.54) is 12.1 Å². The van der Waals surface area contributed by atoms with Crippen LogP contribution < -0.4 is 5.73 Å². The van der Waals surface area contributed by atoms with E-state index >= 15 is 0 Å². The van der Waals surface area contributed by atoms with Crippen LogP contribution in [0.1, 0.15) is 41.2 Å². The molecule has 32 heavy (non-hydrogen) atoms. The number of hydrogen-bond donors (Lipinski definition) is 3. The van der Waals surface area contributed by atoms with Crippen LogP contribution >= 0.6 is 11.6 Å². The number of nitrogens with one attached hydrogen (secondary N) is 1. The third-order valence-corrected chi connectivity index (χ3v) is 5.28. The molecular formula is C25H21ClFN3O2. The topological polar surface area (TPSA) is 100 Å². The van der Waals surface area contributed by atoms with Crippen LogP contribution in [-0.2, 0) is 4.79 Å². The maximum Gasteiger partial charge on any atom is 0.328 e. The van der Waals surface area contributed by atoms with Gasteiger partial charge in [0.05, 0.1) is 10.7 Å². The number of pyridine rings is 1. The lowest BCUT2D eigenvalue weighted by molar-refractivity contribution is -0.131. The molecule has 0 atom stereocenters. The second kappa shape index (κ2) is 10.0. The Morgan fingerprint density at radius 3 is 2.53 bits per heavy atom. The number of carbonyl (C=O) groups is 1. The van der Waals surface area contributed by atoms with Crippen molar-refractivity contribution in [3.8, 4) is 0 Å². The van der Waals surface area contributed by atoms with Crippen molar-refractivity contribution in [2.24, 2.45) is 0 Å². The van der Waals surface area contributed by atoms with Gasteiger partial charge >= 0.3 is 5.97 Å². The van der Waals surface area contributed by atoms with Crippen LogP contribution in [0.25, 0.3) is 17.2 Å². The van der Waals surface area contributed by atoms with Gasteiger partial charge in [0.25, 0.3) is 0 Å². The van der Waals surface area contributed by atoms with Crippen molar-refractivity contribution in [3.63, 3.8) is 0 Å². The predicted octanol–water partition coefficient (Wildman–Crippen LogP) is 5.92. The van der Waals surface area contributed by atoms with E-state index in [2.05, 4.69) is 4.98 Å². The van der Waals surface area contributed by atoms with E-state index in [0.717, 1.165) is 34.6 Å². The first-order chi connectivity index (χ1) is 15.3. The molecule has 1 aromatic heterocycles. The highest BCUT2D eigenvalue weighted by molar-refractivity contribution is 6.32. The Hall–Kier alpha value is -3.77. The van der Waals surface area contributed by atoms with E-state index in [-0.39, 0.29) is 11.3 Å². The molecule has 0 saturated heterocycles. The molecule has 0 amide bonds. The minimum Gasteiger partial charge on any atom is -0.478 e. The molecule has 4 N–H and O–H groups in total. The summed E-state index contributed by atoms with van der Waals surface area (Å²) in [6, 6.07) is 12.0. The van der Waals surface area contributed by atoms with Crippen molar-refractivity contribution < 1.29 is 14.3 Å². The van der Waals surface area contributed by atoms with Gasteiger partial charge in [0.2, 0.25) is 0 Å². The number of nitrogens with two attached hydrogens (primary N) is 1. The SMILES string of the molecule is CC/C(=C(/c1ccc(/C=C/C(=O)O)cc1)c1cc(F)c(N)c(C=N)c1)c1ccncc1Cl. The highest BCUT2D eigenvalue weighted by Crippen LogP contribution is 2.38. The Morgan fingerprint density at radius 2 is 1.94 bits per heavy atom. The molecule has 0 aliphatic carbocycles. The van der Waals surface area contributed by atoms with Gasteiger partial charge in [0.15, 0.2) is 0 Å². The number of carboxylic acid groups (broad SMARTS) is 1. The van der Waals surface area contributed by atoms with E-state index in [0.29, 0.717) is 22.6 Å². The largest absolute Gasteiger partial charge is 0.478 e. The summed E-state index contributed by atoms with van der Waals surface area (Å²) in [6.45, 7) is 1.97. The first kappa shape index (κ1) is 22.9. The minimum atomic E-state index is -1.04. The summed E-state index contributed by atoms with van der Waals surface area (Å²) in [5.41, 5.74) is 10.4. The van der Waals surface area contributed by atoms with Crippen molar-refractivity contribution in [2.75, 3.05) is 5.73 Å². The molecule has 5 nitrogen and oxygen atoms in total. The third-order valence-electron chi connectivity index (χ3n) is 4.98. The molecule has 0 aliphatic heterocycles. The Morgan fingerprint density at radius 1 is 1.22 bits per heavy atom. The van der Waals surface area contributed by atoms with Crippen LogP contribution in [0.5, 0.6) is 0 Å². The van der Waals surface area contributed by atoms with Gasteiger partial charge in [-0.05, 0) is 64.1 Å². The van der Waals surface area contributed by atoms with Gasteiger partial charge in [0.1, 0.15) is 5.82 Å². The van der Waals surface area contributed by atoms with Gasteiger partial charge in [-0.15, -0.1) is 0 Å². The van der Waals surface area contributed by atoms with Gasteiger partial charge < -0.3 is 16.2 Å². The summed E-state index contributed by atoms with van der Waals surface area (Å²) in [5.74, 6) is -1.65. The number of benzene rings is 2. The summed E-state index contributed by atoms with van der Waals surface area (Å²) < 4.78 is 14.6. The lowest BCUT2D eigenvalue weighted by Crippen LogP contribution is -2.02. The molecule has 0 radical (unpaired) electrons. The van der Waals surface area contributed by atoms with Crippen LogP contribution in [0.4, 0.5) is 10.1 Å². The predicted molar refractivity (Wildman–Crippen MR) is 127 cm³/mol. The fourth-order valence-electron chi connectivity index (χ4n) is 3.47. The first-order valence-electron chi connectivity index (χ1n) is 9.80. The lowest BCUT2D eigenvalue weighted by Gasteiger charge is -2.18. The number of allylic oxidation sites excluding steroid dienone is 1. The molecular weight excluding hydrogens is 429 g/mol. The highest BCUT2D eigenvalue weighted by atomic mass is 35.5. The van der Waals surface area contributed by atoms with Gasteiger partial charge in [-0.25, -0.2) is 9.18 Å². The van der Waals surface area contributed by atoms with Crippen molar-refractivity contribution >= 4 is 46.7 Å². The van der Waals surface area contributed by atoms with Crippen molar-refractivity contribution in [1.29, 1.82) is 5.41 Å². The van der Waals surface area contributed by atoms with E-state index in [1.807, 2.05) is 19.1 Å². The average molecular weight is 450 g/mol. The highest BCUT2D eigenvalue weighted by Gasteiger charge is 2.18. The fourth-order valence-corrected chi connectivity index (χ4v) is 3.70. The van der Waals surface area contributed by atoms with Gasteiger partial charge in [-0.2, -0.15) is 0 Å². The lowest BCUT2D eigenvalue weighted by atomic mass is 9.87. The second-order valence-electron chi connectivity index (χ2n) is 6.96. The van der Waals surface area contributed by atoms with Gasteiger partial charge in [0, 0.05) is 30.2 Å². The zero-order chi connectivity index (χ0) is 23.3. The monoisotopic (exact) mass is 449 g/mol. The Labute approximate surface area is 190 Å². The Kier molecular flexibility index (Phi) is 7.18. The van der Waals surface area contributed by atoms with Crippen LogP contribution in [0.3, 0.4) is 0 Å². The second-order valence-corrected chi connectivity index (χ2v) is 7.37. The summed E-state index contributed by atoms with van der Waals surface area (Å²) >= 11 is 6.44. The number of aromatic nitrogens is 1. The Bertz CT molecular complexity index is 1230. The molecule has 0 saturated carbocycles. The zero-order valence-corrected chi connectivity index (χ0v) is 18.0. The molecule has 1 heterocycles. The van der Waals surface area contributed by atoms with Crippen LogP contribution in [0.2, 0.25) is 5.02 Å².